The summed E-state index contributed by atoms with van der Waals surface area (Å²) in [5, 5.41) is 0. The number of H-pyrrole nitrogens is 1. The van der Waals surface area contributed by atoms with Gasteiger partial charge in [-0.1, -0.05) is 6.08 Å². The number of likely N-dealkylation sites (N-methyl/N-ethyl adjacent to an activating group) is 1. The van der Waals surface area contributed by atoms with Crippen LogP contribution in [0.15, 0.2) is 6.08 Å². The van der Waals surface area contributed by atoms with E-state index in [2.05, 4.69) is 23.0 Å². The van der Waals surface area contributed by atoms with Crippen molar-refractivity contribution in [3.05, 3.63) is 28.6 Å². The van der Waals surface area contributed by atoms with Gasteiger partial charge in [0.15, 0.2) is 6.29 Å². The Hall–Kier alpha value is -1.35. The first-order valence-corrected chi connectivity index (χ1v) is 5.65. The van der Waals surface area contributed by atoms with Crippen molar-refractivity contribution in [1.29, 1.82) is 0 Å². The van der Waals surface area contributed by atoms with Gasteiger partial charge in [-0.3, -0.25) is 4.79 Å². The zero-order chi connectivity index (χ0) is 11.7. The van der Waals surface area contributed by atoms with Crippen LogP contribution in [0.5, 0.6) is 0 Å². The van der Waals surface area contributed by atoms with E-state index in [1.807, 2.05) is 13.8 Å². The summed E-state index contributed by atoms with van der Waals surface area (Å²) in [6.45, 7) is 6.14. The molecule has 0 saturated carbocycles. The van der Waals surface area contributed by atoms with Crippen molar-refractivity contribution in [2.24, 2.45) is 0 Å². The molecule has 1 aromatic rings. The topological polar surface area (TPSA) is 36.1 Å². The van der Waals surface area contributed by atoms with E-state index in [-0.39, 0.29) is 0 Å². The molecule has 0 aromatic carbocycles. The smallest absolute Gasteiger partial charge is 0.166 e. The fourth-order valence-corrected chi connectivity index (χ4v) is 2.37. The highest BCUT2D eigenvalue weighted by atomic mass is 16.1. The maximum Gasteiger partial charge on any atom is 0.166 e. The Bertz CT molecular complexity index is 443. The van der Waals surface area contributed by atoms with E-state index in [4.69, 9.17) is 0 Å². The quantitative estimate of drug-likeness (QED) is 0.772. The monoisotopic (exact) mass is 218 g/mol. The molecule has 0 unspecified atom stereocenters. The number of rotatable bonds is 2. The number of aldehydes is 1. The van der Waals surface area contributed by atoms with E-state index in [9.17, 15) is 4.79 Å². The van der Waals surface area contributed by atoms with E-state index in [0.717, 1.165) is 37.1 Å². The SMILES string of the molecule is Cc1[nH]c(C=O)c(C)c1C1=CCN(C)CC1. The summed E-state index contributed by atoms with van der Waals surface area (Å²) in [6, 6.07) is 0. The molecule has 0 radical (unpaired) electrons. The molecule has 16 heavy (non-hydrogen) atoms. The van der Waals surface area contributed by atoms with Crippen LogP contribution in [0, 0.1) is 13.8 Å². The number of carbonyl (C=O) groups is 1. The number of nitrogens with zero attached hydrogens (tertiary/aromatic N) is 1. The fraction of sp³-hybridized carbons (Fsp3) is 0.462. The fourth-order valence-electron chi connectivity index (χ4n) is 2.37. The minimum Gasteiger partial charge on any atom is -0.356 e. The molecule has 0 atom stereocenters. The van der Waals surface area contributed by atoms with Gasteiger partial charge in [0.25, 0.3) is 0 Å². The minimum absolute atomic E-state index is 0.715. The van der Waals surface area contributed by atoms with Crippen molar-refractivity contribution in [1.82, 2.24) is 9.88 Å². The van der Waals surface area contributed by atoms with Crippen LogP contribution in [0.4, 0.5) is 0 Å². The summed E-state index contributed by atoms with van der Waals surface area (Å²) < 4.78 is 0. The van der Waals surface area contributed by atoms with Crippen LogP contribution in [0.2, 0.25) is 0 Å². The van der Waals surface area contributed by atoms with Crippen LogP contribution in [0.25, 0.3) is 5.57 Å². The summed E-state index contributed by atoms with van der Waals surface area (Å²) in [6.07, 6.45) is 4.23. The van der Waals surface area contributed by atoms with Gasteiger partial charge in [0, 0.05) is 24.3 Å². The van der Waals surface area contributed by atoms with Crippen LogP contribution in [0.3, 0.4) is 0 Å². The molecule has 0 saturated heterocycles. The van der Waals surface area contributed by atoms with Crippen molar-refractivity contribution >= 4 is 11.9 Å². The van der Waals surface area contributed by atoms with Crippen molar-refractivity contribution in [2.45, 2.75) is 20.3 Å². The Balaban J connectivity index is 2.40. The van der Waals surface area contributed by atoms with E-state index < -0.39 is 0 Å². The summed E-state index contributed by atoms with van der Waals surface area (Å²) >= 11 is 0. The van der Waals surface area contributed by atoms with Gasteiger partial charge in [-0.2, -0.15) is 0 Å². The molecule has 2 rings (SSSR count). The maximum absolute atomic E-state index is 10.9. The standard InChI is InChI=1S/C13H18N2O/c1-9-12(8-16)14-10(2)13(9)11-4-6-15(3)7-5-11/h4,8,14H,5-7H2,1-3H3. The van der Waals surface area contributed by atoms with Crippen molar-refractivity contribution in [2.75, 3.05) is 20.1 Å². The van der Waals surface area contributed by atoms with Gasteiger partial charge in [0.1, 0.15) is 0 Å². The predicted molar refractivity (Wildman–Crippen MR) is 65.7 cm³/mol. The third kappa shape index (κ3) is 1.83. The molecule has 0 amide bonds. The molecule has 1 N–H and O–H groups in total. The highest BCUT2D eigenvalue weighted by Gasteiger charge is 2.17. The molecule has 3 heteroatoms. The molecule has 0 aliphatic carbocycles. The van der Waals surface area contributed by atoms with Gasteiger partial charge in [0.2, 0.25) is 0 Å². The summed E-state index contributed by atoms with van der Waals surface area (Å²) in [4.78, 5) is 16.3. The lowest BCUT2D eigenvalue weighted by Gasteiger charge is -2.22. The van der Waals surface area contributed by atoms with Crippen molar-refractivity contribution in [3.8, 4) is 0 Å². The van der Waals surface area contributed by atoms with Gasteiger partial charge in [-0.05, 0) is 38.5 Å². The second-order valence-electron chi connectivity index (χ2n) is 4.52. The lowest BCUT2D eigenvalue weighted by atomic mass is 9.96. The van der Waals surface area contributed by atoms with E-state index >= 15 is 0 Å². The number of nitrogens with one attached hydrogen (secondary N) is 1. The summed E-state index contributed by atoms with van der Waals surface area (Å²) in [7, 11) is 2.13. The Labute approximate surface area is 96.2 Å². The molecule has 0 spiro atoms. The second-order valence-corrected chi connectivity index (χ2v) is 4.52. The largest absolute Gasteiger partial charge is 0.356 e. The van der Waals surface area contributed by atoms with Crippen molar-refractivity contribution < 1.29 is 4.79 Å². The van der Waals surface area contributed by atoms with E-state index in [0.29, 0.717) is 5.69 Å². The molecular formula is C13H18N2O. The first-order valence-electron chi connectivity index (χ1n) is 5.65. The Kier molecular flexibility index (Phi) is 2.97. The zero-order valence-electron chi connectivity index (χ0n) is 10.1. The predicted octanol–water partition coefficient (Wildman–Crippen LogP) is 2.16. The lowest BCUT2D eigenvalue weighted by Crippen LogP contribution is -2.23. The van der Waals surface area contributed by atoms with Crippen LogP contribution in [-0.4, -0.2) is 36.3 Å². The lowest BCUT2D eigenvalue weighted by molar-refractivity contribution is 0.111. The normalized spacial score (nSPS) is 17.3. The molecule has 3 nitrogen and oxygen atoms in total. The number of aryl methyl sites for hydroxylation is 1. The number of aromatic nitrogens is 1. The van der Waals surface area contributed by atoms with Gasteiger partial charge in [-0.25, -0.2) is 0 Å². The highest BCUT2D eigenvalue weighted by Crippen LogP contribution is 2.29. The van der Waals surface area contributed by atoms with Crippen LogP contribution in [-0.2, 0) is 0 Å². The first kappa shape index (κ1) is 11.1. The first-order chi connectivity index (χ1) is 7.63. The highest BCUT2D eigenvalue weighted by molar-refractivity contribution is 5.82. The molecule has 0 fully saturated rings. The van der Waals surface area contributed by atoms with Crippen LogP contribution in [0.1, 0.15) is 33.7 Å². The van der Waals surface area contributed by atoms with Gasteiger partial charge in [-0.15, -0.1) is 0 Å². The van der Waals surface area contributed by atoms with Gasteiger partial charge < -0.3 is 9.88 Å². The van der Waals surface area contributed by atoms with Crippen molar-refractivity contribution in [3.63, 3.8) is 0 Å². The number of hydrogen-bond acceptors (Lipinski definition) is 2. The molecule has 86 valence electrons. The molecule has 1 aromatic heterocycles. The third-order valence-electron chi connectivity index (χ3n) is 3.33. The Morgan fingerprint density at radius 1 is 1.44 bits per heavy atom. The number of carbonyl (C=O) groups excluding carboxylic acids is 1. The molecule has 1 aliphatic heterocycles. The number of hydrogen-bond donors (Lipinski definition) is 1. The molecule has 0 bridgehead atoms. The maximum atomic E-state index is 10.9. The average Bonchev–Trinajstić information content (AvgIpc) is 2.56. The zero-order valence-corrected chi connectivity index (χ0v) is 10.1. The Morgan fingerprint density at radius 3 is 2.69 bits per heavy atom. The molecule has 2 heterocycles. The number of aromatic amines is 1. The second kappa shape index (κ2) is 4.26. The van der Waals surface area contributed by atoms with E-state index in [1.165, 1.54) is 11.1 Å². The molecule has 1 aliphatic rings. The van der Waals surface area contributed by atoms with Crippen LogP contribution < -0.4 is 0 Å². The summed E-state index contributed by atoms with van der Waals surface area (Å²) in [5.41, 5.74) is 5.53. The third-order valence-corrected chi connectivity index (χ3v) is 3.33. The average molecular weight is 218 g/mol. The Morgan fingerprint density at radius 2 is 2.19 bits per heavy atom. The van der Waals surface area contributed by atoms with Gasteiger partial charge in [0.05, 0.1) is 5.69 Å². The van der Waals surface area contributed by atoms with Gasteiger partial charge >= 0.3 is 0 Å². The van der Waals surface area contributed by atoms with Crippen LogP contribution >= 0.6 is 0 Å². The summed E-state index contributed by atoms with van der Waals surface area (Å²) in [5.74, 6) is 0. The van der Waals surface area contributed by atoms with E-state index in [1.54, 1.807) is 0 Å². The minimum atomic E-state index is 0.715. The molecular weight excluding hydrogens is 200 g/mol.